The molecule has 7 nitrogen and oxygen atoms in total. The van der Waals surface area contributed by atoms with Gasteiger partial charge in [0.2, 0.25) is 5.89 Å². The standard InChI is InChI=1S/C17H34N6O/c1-13(2)23(14(3)4)12-8-11-20-17(18-6)19-10-7-9-16-21-15(5)22-24-16/h13-14H,7-12H2,1-6H3,(H2,18,19,20). The summed E-state index contributed by atoms with van der Waals surface area (Å²) in [6, 6.07) is 1.16. The number of aromatic nitrogens is 2. The fourth-order valence-corrected chi connectivity index (χ4v) is 2.69. The maximum Gasteiger partial charge on any atom is 0.226 e. The van der Waals surface area contributed by atoms with Crippen LogP contribution in [0.1, 0.15) is 52.3 Å². The van der Waals surface area contributed by atoms with E-state index in [0.717, 1.165) is 44.9 Å². The summed E-state index contributed by atoms with van der Waals surface area (Å²) in [6.45, 7) is 13.7. The van der Waals surface area contributed by atoms with Gasteiger partial charge in [-0.2, -0.15) is 4.98 Å². The van der Waals surface area contributed by atoms with E-state index in [1.807, 2.05) is 6.92 Å². The van der Waals surface area contributed by atoms with Gasteiger partial charge < -0.3 is 15.2 Å². The predicted molar refractivity (Wildman–Crippen MR) is 98.3 cm³/mol. The number of rotatable bonds is 10. The molecular weight excluding hydrogens is 304 g/mol. The van der Waals surface area contributed by atoms with Crippen LogP contribution in [0.3, 0.4) is 0 Å². The zero-order chi connectivity index (χ0) is 17.9. The Balaban J connectivity index is 2.16. The lowest BCUT2D eigenvalue weighted by Crippen LogP contribution is -2.41. The lowest BCUT2D eigenvalue weighted by atomic mass is 10.2. The summed E-state index contributed by atoms with van der Waals surface area (Å²) < 4.78 is 5.10. The second kappa shape index (κ2) is 11.0. The number of guanidine groups is 1. The quantitative estimate of drug-likeness (QED) is 0.386. The monoisotopic (exact) mass is 338 g/mol. The van der Waals surface area contributed by atoms with Crippen LogP contribution in [0, 0.1) is 6.92 Å². The van der Waals surface area contributed by atoms with Crippen LogP contribution in [0.4, 0.5) is 0 Å². The highest BCUT2D eigenvalue weighted by Crippen LogP contribution is 2.05. The minimum atomic E-state index is 0.579. The molecule has 0 unspecified atom stereocenters. The van der Waals surface area contributed by atoms with Crippen molar-refractivity contribution < 1.29 is 4.52 Å². The highest BCUT2D eigenvalue weighted by atomic mass is 16.5. The minimum absolute atomic E-state index is 0.579. The summed E-state index contributed by atoms with van der Waals surface area (Å²) in [4.78, 5) is 11.0. The van der Waals surface area contributed by atoms with E-state index < -0.39 is 0 Å². The molecule has 0 aromatic carbocycles. The molecule has 0 amide bonds. The summed E-state index contributed by atoms with van der Waals surface area (Å²) in [5, 5.41) is 10.5. The smallest absolute Gasteiger partial charge is 0.226 e. The third kappa shape index (κ3) is 7.77. The van der Waals surface area contributed by atoms with Crippen molar-refractivity contribution in [1.82, 2.24) is 25.7 Å². The second-order valence-electron chi connectivity index (χ2n) is 6.54. The Hall–Kier alpha value is -1.63. The topological polar surface area (TPSA) is 78.6 Å². The minimum Gasteiger partial charge on any atom is -0.356 e. The largest absolute Gasteiger partial charge is 0.356 e. The van der Waals surface area contributed by atoms with E-state index in [1.165, 1.54) is 0 Å². The van der Waals surface area contributed by atoms with Crippen LogP contribution in [0.2, 0.25) is 0 Å². The maximum absolute atomic E-state index is 5.10. The predicted octanol–water partition coefficient (Wildman–Crippen LogP) is 1.98. The van der Waals surface area contributed by atoms with Crippen molar-refractivity contribution in [1.29, 1.82) is 0 Å². The molecule has 0 fully saturated rings. The Morgan fingerprint density at radius 2 is 1.75 bits per heavy atom. The summed E-state index contributed by atoms with van der Waals surface area (Å²) in [5.41, 5.74) is 0. The van der Waals surface area contributed by atoms with Crippen molar-refractivity contribution in [2.45, 2.75) is 66.0 Å². The van der Waals surface area contributed by atoms with Crippen LogP contribution in [-0.2, 0) is 6.42 Å². The van der Waals surface area contributed by atoms with E-state index in [1.54, 1.807) is 7.05 Å². The van der Waals surface area contributed by atoms with Gasteiger partial charge in [0, 0.05) is 45.2 Å². The molecule has 0 aliphatic rings. The Morgan fingerprint density at radius 1 is 1.12 bits per heavy atom. The second-order valence-corrected chi connectivity index (χ2v) is 6.54. The first-order valence-electron chi connectivity index (χ1n) is 8.93. The normalized spacial score (nSPS) is 12.5. The molecule has 0 aliphatic heterocycles. The number of hydrogen-bond acceptors (Lipinski definition) is 5. The van der Waals surface area contributed by atoms with Gasteiger partial charge in [-0.15, -0.1) is 0 Å². The molecule has 1 heterocycles. The number of nitrogens with zero attached hydrogens (tertiary/aromatic N) is 4. The van der Waals surface area contributed by atoms with Crippen LogP contribution >= 0.6 is 0 Å². The van der Waals surface area contributed by atoms with Gasteiger partial charge in [0.15, 0.2) is 11.8 Å². The molecule has 1 aromatic heterocycles. The van der Waals surface area contributed by atoms with Gasteiger partial charge in [0.1, 0.15) is 0 Å². The highest BCUT2D eigenvalue weighted by molar-refractivity contribution is 5.79. The zero-order valence-electron chi connectivity index (χ0n) is 16.1. The van der Waals surface area contributed by atoms with Gasteiger partial charge in [-0.25, -0.2) is 0 Å². The third-order valence-electron chi connectivity index (χ3n) is 3.87. The van der Waals surface area contributed by atoms with Crippen molar-refractivity contribution in [2.24, 2.45) is 4.99 Å². The van der Waals surface area contributed by atoms with Crippen LogP contribution in [0.5, 0.6) is 0 Å². The number of nitrogens with one attached hydrogen (secondary N) is 2. The highest BCUT2D eigenvalue weighted by Gasteiger charge is 2.12. The first-order valence-corrected chi connectivity index (χ1v) is 8.93. The summed E-state index contributed by atoms with van der Waals surface area (Å²) in [5.74, 6) is 2.23. The van der Waals surface area contributed by atoms with Crippen molar-refractivity contribution in [3.8, 4) is 0 Å². The Bertz CT molecular complexity index is 475. The van der Waals surface area contributed by atoms with Crippen LogP contribution in [0.15, 0.2) is 9.52 Å². The molecular formula is C17H34N6O. The lowest BCUT2D eigenvalue weighted by molar-refractivity contribution is 0.173. The van der Waals surface area contributed by atoms with Crippen molar-refractivity contribution in [2.75, 3.05) is 26.7 Å². The van der Waals surface area contributed by atoms with E-state index in [9.17, 15) is 0 Å². The van der Waals surface area contributed by atoms with E-state index in [-0.39, 0.29) is 0 Å². The number of aryl methyl sites for hydroxylation is 2. The SMILES string of the molecule is CN=C(NCCCc1nc(C)no1)NCCCN(C(C)C)C(C)C. The molecule has 0 bridgehead atoms. The van der Waals surface area contributed by atoms with E-state index in [0.29, 0.717) is 23.8 Å². The zero-order valence-corrected chi connectivity index (χ0v) is 16.1. The molecule has 0 radical (unpaired) electrons. The molecule has 1 rings (SSSR count). The van der Waals surface area contributed by atoms with Crippen molar-refractivity contribution in [3.05, 3.63) is 11.7 Å². The Labute approximate surface area is 146 Å². The van der Waals surface area contributed by atoms with E-state index in [4.69, 9.17) is 4.52 Å². The molecule has 7 heteroatoms. The molecule has 0 saturated carbocycles. The van der Waals surface area contributed by atoms with Crippen LogP contribution in [0.25, 0.3) is 0 Å². The van der Waals surface area contributed by atoms with Crippen molar-refractivity contribution >= 4 is 5.96 Å². The van der Waals surface area contributed by atoms with Gasteiger partial charge in [-0.3, -0.25) is 9.89 Å². The van der Waals surface area contributed by atoms with Crippen LogP contribution < -0.4 is 10.6 Å². The van der Waals surface area contributed by atoms with E-state index >= 15 is 0 Å². The molecule has 0 spiro atoms. The van der Waals surface area contributed by atoms with Gasteiger partial charge >= 0.3 is 0 Å². The Morgan fingerprint density at radius 3 is 2.25 bits per heavy atom. The molecule has 138 valence electrons. The molecule has 0 atom stereocenters. The van der Waals surface area contributed by atoms with Crippen molar-refractivity contribution in [3.63, 3.8) is 0 Å². The average Bonchev–Trinajstić information content (AvgIpc) is 2.93. The third-order valence-corrected chi connectivity index (χ3v) is 3.87. The molecule has 0 saturated heterocycles. The van der Waals surface area contributed by atoms with Gasteiger partial charge in [0.05, 0.1) is 0 Å². The van der Waals surface area contributed by atoms with Crippen LogP contribution in [-0.4, -0.2) is 59.8 Å². The number of aliphatic imine (C=N–C) groups is 1. The summed E-state index contributed by atoms with van der Waals surface area (Å²) in [7, 11) is 1.80. The first kappa shape index (κ1) is 20.4. The fraction of sp³-hybridized carbons (Fsp3) is 0.824. The molecule has 2 N–H and O–H groups in total. The fourth-order valence-electron chi connectivity index (χ4n) is 2.69. The number of hydrogen-bond donors (Lipinski definition) is 2. The maximum atomic E-state index is 5.10. The summed E-state index contributed by atoms with van der Waals surface area (Å²) >= 11 is 0. The van der Waals surface area contributed by atoms with Gasteiger partial charge in [0.25, 0.3) is 0 Å². The van der Waals surface area contributed by atoms with Gasteiger partial charge in [-0.05, 0) is 47.5 Å². The molecule has 0 aliphatic carbocycles. The lowest BCUT2D eigenvalue weighted by Gasteiger charge is -2.30. The molecule has 24 heavy (non-hydrogen) atoms. The average molecular weight is 339 g/mol. The Kier molecular flexibility index (Phi) is 9.37. The van der Waals surface area contributed by atoms with E-state index in [2.05, 4.69) is 58.4 Å². The summed E-state index contributed by atoms with van der Waals surface area (Å²) in [6.07, 6.45) is 2.80. The molecule has 1 aromatic rings. The first-order chi connectivity index (χ1) is 11.4. The van der Waals surface area contributed by atoms with Gasteiger partial charge in [-0.1, -0.05) is 5.16 Å².